The summed E-state index contributed by atoms with van der Waals surface area (Å²) in [7, 11) is -18.3. The summed E-state index contributed by atoms with van der Waals surface area (Å²) in [4.78, 5) is 0. The molecule has 1 aromatic rings. The van der Waals surface area contributed by atoms with Gasteiger partial charge < -0.3 is 0 Å². The average molecular weight is 509 g/mol. The van der Waals surface area contributed by atoms with Crippen LogP contribution in [0.15, 0.2) is 24.3 Å². The van der Waals surface area contributed by atoms with Crippen LogP contribution < -0.4 is 0 Å². The van der Waals surface area contributed by atoms with Gasteiger partial charge >= 0.3 is 0 Å². The molecule has 0 aliphatic heterocycles. The fourth-order valence-corrected chi connectivity index (χ4v) is 9.94. The fourth-order valence-electron chi connectivity index (χ4n) is 3.25. The standard InChI is InChI=1S/C15H25FN2O8S4/c1-6-9-14(17(27(2,19)20)28(3,21)22)15(12-10-7-8-11-13(12)16)18(29(4,23)24)30(5,25)26/h7-8,10-11,14-15H,6,9H2,1-5H3/t14-,15+/m1/s1. The number of rotatable bonds is 10. The molecule has 0 bridgehead atoms. The third-order valence-corrected chi connectivity index (χ3v) is 10.8. The monoisotopic (exact) mass is 508 g/mol. The molecule has 0 heterocycles. The first-order valence-electron chi connectivity index (χ1n) is 8.47. The Morgan fingerprint density at radius 1 is 0.767 bits per heavy atom. The first-order valence-corrected chi connectivity index (χ1v) is 15.9. The second-order valence-corrected chi connectivity index (χ2v) is 14.7. The van der Waals surface area contributed by atoms with Gasteiger partial charge in [0, 0.05) is 5.56 Å². The summed E-state index contributed by atoms with van der Waals surface area (Å²) in [6.07, 6.45) is 2.13. The maximum atomic E-state index is 14.7. The van der Waals surface area contributed by atoms with Crippen molar-refractivity contribution in [2.75, 3.05) is 25.0 Å². The average Bonchev–Trinajstić information content (AvgIpc) is 2.47. The Hall–Kier alpha value is -1.13. The van der Waals surface area contributed by atoms with Gasteiger partial charge in [0.1, 0.15) is 5.82 Å². The number of benzene rings is 1. The topological polar surface area (TPSA) is 143 Å². The van der Waals surface area contributed by atoms with Gasteiger partial charge in [-0.15, -0.1) is 0 Å². The summed E-state index contributed by atoms with van der Waals surface area (Å²) in [5, 5.41) is 0. The number of hydrogen-bond donors (Lipinski definition) is 0. The van der Waals surface area contributed by atoms with Gasteiger partial charge in [-0.3, -0.25) is 0 Å². The van der Waals surface area contributed by atoms with Crippen LogP contribution in [0.2, 0.25) is 0 Å². The van der Waals surface area contributed by atoms with Crippen molar-refractivity contribution in [3.8, 4) is 0 Å². The lowest BCUT2D eigenvalue weighted by Crippen LogP contribution is -2.53. The molecule has 174 valence electrons. The molecule has 0 aliphatic carbocycles. The van der Waals surface area contributed by atoms with Crippen LogP contribution >= 0.6 is 0 Å². The number of hydrogen-bond acceptors (Lipinski definition) is 8. The molecule has 2 atom stereocenters. The molecule has 0 radical (unpaired) electrons. The van der Waals surface area contributed by atoms with Crippen LogP contribution in [0.1, 0.15) is 31.4 Å². The summed E-state index contributed by atoms with van der Waals surface area (Å²) in [6.45, 7) is 1.55. The molecular formula is C15H25FN2O8S4. The quantitative estimate of drug-likeness (QED) is 0.444. The number of sulfonamides is 4. The lowest BCUT2D eigenvalue weighted by molar-refractivity contribution is 0.279. The molecule has 0 amide bonds. The Morgan fingerprint density at radius 3 is 1.50 bits per heavy atom. The van der Waals surface area contributed by atoms with Crippen LogP contribution in [0, 0.1) is 5.82 Å². The minimum atomic E-state index is -4.61. The normalized spacial score (nSPS) is 16.0. The van der Waals surface area contributed by atoms with Crippen LogP contribution in [-0.4, -0.2) is 72.2 Å². The van der Waals surface area contributed by atoms with Crippen LogP contribution in [0.4, 0.5) is 4.39 Å². The fraction of sp³-hybridized carbons (Fsp3) is 0.600. The van der Waals surface area contributed by atoms with E-state index >= 15 is 0 Å². The van der Waals surface area contributed by atoms with Gasteiger partial charge in [-0.25, -0.2) is 38.1 Å². The van der Waals surface area contributed by atoms with E-state index in [2.05, 4.69) is 0 Å². The van der Waals surface area contributed by atoms with Crippen LogP contribution in [0.5, 0.6) is 0 Å². The SMILES string of the molecule is CCC[C@H]([C@H](c1ccccc1F)N(S(C)(=O)=O)S(C)(=O)=O)N(S(C)(=O)=O)S(C)(=O)=O. The van der Waals surface area contributed by atoms with Gasteiger partial charge in [-0.05, 0) is 12.5 Å². The molecule has 10 nitrogen and oxygen atoms in total. The lowest BCUT2D eigenvalue weighted by Gasteiger charge is -2.38. The molecule has 0 unspecified atom stereocenters. The van der Waals surface area contributed by atoms with Crippen molar-refractivity contribution in [1.82, 2.24) is 7.42 Å². The van der Waals surface area contributed by atoms with E-state index in [1.165, 1.54) is 12.1 Å². The summed E-state index contributed by atoms with van der Waals surface area (Å²) in [5.41, 5.74) is -0.482. The van der Waals surface area contributed by atoms with E-state index in [4.69, 9.17) is 0 Å². The Kier molecular flexibility index (Phi) is 8.21. The zero-order valence-corrected chi connectivity index (χ0v) is 20.3. The van der Waals surface area contributed by atoms with Crippen LogP contribution in [0.3, 0.4) is 0 Å². The van der Waals surface area contributed by atoms with Crippen molar-refractivity contribution < 1.29 is 38.1 Å². The molecule has 15 heteroatoms. The summed E-state index contributed by atoms with van der Waals surface area (Å²) in [5.74, 6) is -1.03. The molecular weight excluding hydrogens is 483 g/mol. The van der Waals surface area contributed by atoms with E-state index in [-0.39, 0.29) is 20.3 Å². The van der Waals surface area contributed by atoms with Crippen molar-refractivity contribution in [3.05, 3.63) is 35.6 Å². The van der Waals surface area contributed by atoms with E-state index in [1.807, 2.05) is 0 Å². The zero-order valence-electron chi connectivity index (χ0n) is 17.0. The Labute approximate surface area is 177 Å². The van der Waals surface area contributed by atoms with E-state index in [0.29, 0.717) is 25.0 Å². The molecule has 0 saturated carbocycles. The molecule has 1 rings (SSSR count). The second-order valence-electron chi connectivity index (χ2n) is 6.83. The van der Waals surface area contributed by atoms with Gasteiger partial charge in [0.15, 0.2) is 0 Å². The Bertz CT molecular complexity index is 1130. The highest BCUT2D eigenvalue weighted by Gasteiger charge is 2.48. The minimum absolute atomic E-state index is 0.0396. The highest BCUT2D eigenvalue weighted by atomic mass is 32.3. The maximum Gasteiger partial charge on any atom is 0.224 e. The van der Waals surface area contributed by atoms with Gasteiger partial charge in [0.2, 0.25) is 40.1 Å². The van der Waals surface area contributed by atoms with Gasteiger partial charge in [0.25, 0.3) is 0 Å². The Morgan fingerprint density at radius 2 is 1.17 bits per heavy atom. The number of nitrogens with zero attached hydrogens (tertiary/aromatic N) is 2. The first kappa shape index (κ1) is 26.9. The van der Waals surface area contributed by atoms with Crippen molar-refractivity contribution in [1.29, 1.82) is 0 Å². The van der Waals surface area contributed by atoms with E-state index in [9.17, 15) is 38.1 Å². The third-order valence-electron chi connectivity index (χ3n) is 3.98. The maximum absolute atomic E-state index is 14.7. The molecule has 0 spiro atoms. The second kappa shape index (κ2) is 9.16. The molecule has 1 aromatic carbocycles. The summed E-state index contributed by atoms with van der Waals surface area (Å²) >= 11 is 0. The Balaban J connectivity index is 4.15. The van der Waals surface area contributed by atoms with Crippen molar-refractivity contribution in [2.45, 2.75) is 31.8 Å². The van der Waals surface area contributed by atoms with Gasteiger partial charge in [-0.2, -0.15) is 0 Å². The smallest absolute Gasteiger partial charge is 0.212 e. The minimum Gasteiger partial charge on any atom is -0.212 e. The third kappa shape index (κ3) is 6.43. The summed E-state index contributed by atoms with van der Waals surface area (Å²) < 4.78 is 114. The highest BCUT2D eigenvalue weighted by Crippen LogP contribution is 2.37. The predicted molar refractivity (Wildman–Crippen MR) is 111 cm³/mol. The van der Waals surface area contributed by atoms with Crippen LogP contribution in [-0.2, 0) is 40.1 Å². The highest BCUT2D eigenvalue weighted by molar-refractivity contribution is 8.04. The largest absolute Gasteiger partial charge is 0.224 e. The van der Waals surface area contributed by atoms with Crippen LogP contribution in [0.25, 0.3) is 0 Å². The lowest BCUT2D eigenvalue weighted by atomic mass is 9.97. The molecule has 0 aliphatic rings. The van der Waals surface area contributed by atoms with Crippen molar-refractivity contribution in [3.63, 3.8) is 0 Å². The molecule has 0 N–H and O–H groups in total. The molecule has 0 fully saturated rings. The van der Waals surface area contributed by atoms with Crippen molar-refractivity contribution >= 4 is 40.1 Å². The van der Waals surface area contributed by atoms with Gasteiger partial charge in [-0.1, -0.05) is 39.0 Å². The van der Waals surface area contributed by atoms with E-state index in [0.717, 1.165) is 12.1 Å². The van der Waals surface area contributed by atoms with E-state index in [1.54, 1.807) is 6.92 Å². The van der Waals surface area contributed by atoms with Crippen molar-refractivity contribution in [2.24, 2.45) is 0 Å². The molecule has 0 saturated heterocycles. The zero-order chi connectivity index (χ0) is 23.7. The molecule has 30 heavy (non-hydrogen) atoms. The molecule has 0 aromatic heterocycles. The predicted octanol–water partition coefficient (Wildman–Crippen LogP) is 0.478. The summed E-state index contributed by atoms with van der Waals surface area (Å²) in [6, 6.07) is 0.805. The van der Waals surface area contributed by atoms with Gasteiger partial charge in [0.05, 0.1) is 37.1 Å². The number of halogens is 1. The first-order chi connectivity index (χ1) is 13.3. The van der Waals surface area contributed by atoms with E-state index < -0.39 is 63.6 Å².